The molecule has 1 heterocycles. The van der Waals surface area contributed by atoms with Gasteiger partial charge in [0.25, 0.3) is 5.91 Å². The van der Waals surface area contributed by atoms with Crippen LogP contribution in [0.1, 0.15) is 18.1 Å². The molecule has 0 aliphatic heterocycles. The number of nitrogens with zero attached hydrogens (tertiary/aromatic N) is 3. The maximum atomic E-state index is 12.8. The molecule has 1 atom stereocenters. The number of fused-ring (bicyclic) bond motifs is 1. The van der Waals surface area contributed by atoms with Gasteiger partial charge in [-0.25, -0.2) is 10.1 Å². The summed E-state index contributed by atoms with van der Waals surface area (Å²) in [4.78, 5) is 12.8. The molecule has 0 saturated carbocycles. The average Bonchev–Trinajstić information content (AvgIpc) is 3.49. The molecule has 7 heteroatoms. The van der Waals surface area contributed by atoms with E-state index in [2.05, 4.69) is 10.5 Å². The van der Waals surface area contributed by atoms with E-state index in [-0.39, 0.29) is 5.91 Å². The van der Waals surface area contributed by atoms with Gasteiger partial charge in [-0.1, -0.05) is 78.9 Å². The molecule has 7 nitrogen and oxygen atoms in total. The molecule has 0 unspecified atom stereocenters. The molecule has 0 saturated heterocycles. The van der Waals surface area contributed by atoms with Crippen LogP contribution in [0.3, 0.4) is 0 Å². The number of ether oxygens (including phenoxy) is 2. The number of carbonyl (C=O) groups excluding carboxylic acids is 1. The van der Waals surface area contributed by atoms with E-state index in [9.17, 15) is 4.79 Å². The highest BCUT2D eigenvalue weighted by molar-refractivity contribution is 5.90. The summed E-state index contributed by atoms with van der Waals surface area (Å²) in [6, 6.07) is 41.4. The highest BCUT2D eigenvalue weighted by atomic mass is 16.5. The molecule has 212 valence electrons. The van der Waals surface area contributed by atoms with Crippen molar-refractivity contribution in [1.82, 2.24) is 15.2 Å². The lowest BCUT2D eigenvalue weighted by atomic mass is 10.1. The number of carbonyl (C=O) groups is 1. The standard InChI is InChI=1S/C36H30N4O3/c1-26(43-34-21-16-28-12-8-9-13-30(28)22-34)36(41)38-37-23-31-24-40(32-14-6-3-7-15-32)39-35(31)29-17-19-33(20-18-29)42-25-27-10-4-2-5-11-27/h2-24,26H,25H2,1H3,(H,38,41)/b37-23-/t26-/m1/s1. The molecule has 6 rings (SSSR count). The zero-order chi connectivity index (χ0) is 29.4. The fourth-order valence-corrected chi connectivity index (χ4v) is 4.62. The molecule has 0 aliphatic carbocycles. The molecule has 0 aliphatic rings. The van der Waals surface area contributed by atoms with E-state index in [1.807, 2.05) is 134 Å². The van der Waals surface area contributed by atoms with Crippen LogP contribution in [0.5, 0.6) is 11.5 Å². The van der Waals surface area contributed by atoms with E-state index < -0.39 is 6.10 Å². The van der Waals surface area contributed by atoms with Crippen molar-refractivity contribution >= 4 is 22.9 Å². The summed E-state index contributed by atoms with van der Waals surface area (Å²) in [5.74, 6) is 1.02. The Balaban J connectivity index is 1.16. The normalized spacial score (nSPS) is 11.8. The van der Waals surface area contributed by atoms with Crippen molar-refractivity contribution in [2.24, 2.45) is 5.10 Å². The van der Waals surface area contributed by atoms with E-state index in [1.54, 1.807) is 17.8 Å². The molecule has 5 aromatic carbocycles. The molecule has 43 heavy (non-hydrogen) atoms. The van der Waals surface area contributed by atoms with Crippen LogP contribution >= 0.6 is 0 Å². The predicted molar refractivity (Wildman–Crippen MR) is 170 cm³/mol. The lowest BCUT2D eigenvalue weighted by Crippen LogP contribution is -2.33. The Morgan fingerprint density at radius 2 is 1.51 bits per heavy atom. The number of para-hydroxylation sites is 1. The number of amides is 1. The third-order valence-electron chi connectivity index (χ3n) is 6.92. The first-order valence-electron chi connectivity index (χ1n) is 14.0. The first-order chi connectivity index (χ1) is 21.1. The lowest BCUT2D eigenvalue weighted by molar-refractivity contribution is -0.127. The van der Waals surface area contributed by atoms with E-state index in [0.717, 1.165) is 44.6 Å². The molecular weight excluding hydrogens is 536 g/mol. The van der Waals surface area contributed by atoms with Crippen LogP contribution in [0.2, 0.25) is 0 Å². The quantitative estimate of drug-likeness (QED) is 0.141. The zero-order valence-electron chi connectivity index (χ0n) is 23.6. The number of hydrogen-bond acceptors (Lipinski definition) is 5. The van der Waals surface area contributed by atoms with Crippen LogP contribution < -0.4 is 14.9 Å². The van der Waals surface area contributed by atoms with Crippen molar-refractivity contribution in [3.05, 3.63) is 145 Å². The molecule has 0 spiro atoms. The van der Waals surface area contributed by atoms with Gasteiger partial charge in [-0.15, -0.1) is 0 Å². The molecular formula is C36H30N4O3. The third kappa shape index (κ3) is 6.80. The van der Waals surface area contributed by atoms with Crippen LogP contribution in [0, 0.1) is 0 Å². The number of rotatable bonds is 10. The SMILES string of the molecule is C[C@@H](Oc1ccc2ccccc2c1)C(=O)N/N=C\c1cn(-c2ccccc2)nc1-c1ccc(OCc2ccccc2)cc1. The summed E-state index contributed by atoms with van der Waals surface area (Å²) in [6.07, 6.45) is 2.74. The highest BCUT2D eigenvalue weighted by Crippen LogP contribution is 2.26. The lowest BCUT2D eigenvalue weighted by Gasteiger charge is -2.13. The average molecular weight is 567 g/mol. The Kier molecular flexibility index (Phi) is 8.22. The molecule has 0 fully saturated rings. The van der Waals surface area contributed by atoms with Gasteiger partial charge in [-0.3, -0.25) is 4.79 Å². The van der Waals surface area contributed by atoms with Gasteiger partial charge in [0, 0.05) is 17.3 Å². The summed E-state index contributed by atoms with van der Waals surface area (Å²) in [7, 11) is 0. The van der Waals surface area contributed by atoms with E-state index in [1.165, 1.54) is 0 Å². The Morgan fingerprint density at radius 3 is 2.28 bits per heavy atom. The van der Waals surface area contributed by atoms with Crippen molar-refractivity contribution in [2.75, 3.05) is 0 Å². The molecule has 0 radical (unpaired) electrons. The fourth-order valence-electron chi connectivity index (χ4n) is 4.62. The minimum Gasteiger partial charge on any atom is -0.489 e. The number of hydrogen-bond donors (Lipinski definition) is 1. The Morgan fingerprint density at radius 1 is 0.837 bits per heavy atom. The van der Waals surface area contributed by atoms with Crippen LogP contribution in [-0.2, 0) is 11.4 Å². The van der Waals surface area contributed by atoms with Gasteiger partial charge in [-0.05, 0) is 71.8 Å². The minimum atomic E-state index is -0.742. The topological polar surface area (TPSA) is 77.7 Å². The molecule has 0 bridgehead atoms. The smallest absolute Gasteiger partial charge is 0.280 e. The predicted octanol–water partition coefficient (Wildman–Crippen LogP) is 7.19. The number of benzene rings is 5. The number of hydrazone groups is 1. The van der Waals surface area contributed by atoms with Gasteiger partial charge in [0.1, 0.15) is 23.8 Å². The zero-order valence-corrected chi connectivity index (χ0v) is 23.6. The summed E-state index contributed by atoms with van der Waals surface area (Å²) < 4.78 is 13.6. The highest BCUT2D eigenvalue weighted by Gasteiger charge is 2.15. The molecule has 1 aromatic heterocycles. The second kappa shape index (κ2) is 12.9. The van der Waals surface area contributed by atoms with Gasteiger partial charge in [0.05, 0.1) is 11.9 Å². The van der Waals surface area contributed by atoms with Crippen molar-refractivity contribution in [3.8, 4) is 28.4 Å². The van der Waals surface area contributed by atoms with Crippen molar-refractivity contribution in [3.63, 3.8) is 0 Å². The second-order valence-electron chi connectivity index (χ2n) is 10.0. The molecule has 1 N–H and O–H groups in total. The van der Waals surface area contributed by atoms with Crippen LogP contribution in [0.25, 0.3) is 27.7 Å². The maximum Gasteiger partial charge on any atom is 0.280 e. The van der Waals surface area contributed by atoms with Crippen molar-refractivity contribution in [2.45, 2.75) is 19.6 Å². The summed E-state index contributed by atoms with van der Waals surface area (Å²) in [6.45, 7) is 2.18. The summed E-state index contributed by atoms with van der Waals surface area (Å²) in [5, 5.41) is 11.2. The van der Waals surface area contributed by atoms with E-state index >= 15 is 0 Å². The minimum absolute atomic E-state index is 0.360. The van der Waals surface area contributed by atoms with Gasteiger partial charge < -0.3 is 9.47 Å². The monoisotopic (exact) mass is 566 g/mol. The second-order valence-corrected chi connectivity index (χ2v) is 10.0. The summed E-state index contributed by atoms with van der Waals surface area (Å²) in [5.41, 5.74) is 6.97. The van der Waals surface area contributed by atoms with Crippen molar-refractivity contribution in [1.29, 1.82) is 0 Å². The van der Waals surface area contributed by atoms with Crippen LogP contribution in [0.4, 0.5) is 0 Å². The van der Waals surface area contributed by atoms with E-state index in [0.29, 0.717) is 12.4 Å². The van der Waals surface area contributed by atoms with Crippen LogP contribution in [-0.4, -0.2) is 28.0 Å². The fraction of sp³-hybridized carbons (Fsp3) is 0.0833. The third-order valence-corrected chi connectivity index (χ3v) is 6.92. The number of aromatic nitrogens is 2. The van der Waals surface area contributed by atoms with Crippen LogP contribution in [0.15, 0.2) is 139 Å². The largest absolute Gasteiger partial charge is 0.489 e. The summed E-state index contributed by atoms with van der Waals surface area (Å²) >= 11 is 0. The van der Waals surface area contributed by atoms with Gasteiger partial charge in [0.2, 0.25) is 0 Å². The Bertz CT molecular complexity index is 1850. The maximum absolute atomic E-state index is 12.8. The first-order valence-corrected chi connectivity index (χ1v) is 14.0. The first kappa shape index (κ1) is 27.5. The Labute approximate surface area is 250 Å². The van der Waals surface area contributed by atoms with Gasteiger partial charge in [-0.2, -0.15) is 10.2 Å². The van der Waals surface area contributed by atoms with Gasteiger partial charge >= 0.3 is 0 Å². The Hall–Kier alpha value is -5.69. The number of nitrogens with one attached hydrogen (secondary N) is 1. The molecule has 6 aromatic rings. The van der Waals surface area contributed by atoms with E-state index in [4.69, 9.17) is 14.6 Å². The van der Waals surface area contributed by atoms with Gasteiger partial charge in [0.15, 0.2) is 6.10 Å². The molecule has 1 amide bonds. The van der Waals surface area contributed by atoms with Crippen molar-refractivity contribution < 1.29 is 14.3 Å².